The summed E-state index contributed by atoms with van der Waals surface area (Å²) in [6.07, 6.45) is 0.888. The summed E-state index contributed by atoms with van der Waals surface area (Å²) in [6.45, 7) is 5.63. The van der Waals surface area contributed by atoms with Crippen LogP contribution < -0.4 is 4.72 Å². The molecule has 0 bridgehead atoms. The minimum absolute atomic E-state index is 0.198. The first-order chi connectivity index (χ1) is 11.3. The Morgan fingerprint density at radius 2 is 1.54 bits per heavy atom. The van der Waals surface area contributed by atoms with Crippen LogP contribution in [0.4, 0.5) is 0 Å². The van der Waals surface area contributed by atoms with Crippen molar-refractivity contribution in [2.75, 3.05) is 0 Å². The Morgan fingerprint density at radius 1 is 1.00 bits per heavy atom. The van der Waals surface area contributed by atoms with E-state index in [9.17, 15) is 13.5 Å². The van der Waals surface area contributed by atoms with Crippen molar-refractivity contribution in [3.8, 4) is 0 Å². The van der Waals surface area contributed by atoms with Crippen molar-refractivity contribution in [2.45, 2.75) is 50.2 Å². The lowest BCUT2D eigenvalue weighted by Gasteiger charge is -2.35. The molecule has 2 rings (SSSR count). The zero-order valence-corrected chi connectivity index (χ0v) is 15.2. The maximum absolute atomic E-state index is 12.8. The highest BCUT2D eigenvalue weighted by Crippen LogP contribution is 2.33. The summed E-state index contributed by atoms with van der Waals surface area (Å²) in [4.78, 5) is 0.198. The first kappa shape index (κ1) is 18.6. The van der Waals surface area contributed by atoms with Crippen molar-refractivity contribution >= 4 is 10.0 Å². The number of rotatable bonds is 7. The maximum Gasteiger partial charge on any atom is 0.241 e. The predicted octanol–water partition coefficient (Wildman–Crippen LogP) is 3.57. The van der Waals surface area contributed by atoms with Gasteiger partial charge in [-0.2, -0.15) is 0 Å². The maximum atomic E-state index is 12.8. The van der Waals surface area contributed by atoms with Crippen LogP contribution in [0.2, 0.25) is 0 Å². The standard InChI is InChI=1S/C19H25NO3S/c1-4-19(21,5-2)18(16-9-7-6-8-10-16)20-24(22,23)17-13-11-15(3)12-14-17/h6-14,18,20-21H,4-5H2,1-3H3/t18-/m1/s1. The van der Waals surface area contributed by atoms with Gasteiger partial charge < -0.3 is 5.11 Å². The fraction of sp³-hybridized carbons (Fsp3) is 0.368. The van der Waals surface area contributed by atoms with E-state index in [1.54, 1.807) is 24.3 Å². The smallest absolute Gasteiger partial charge is 0.241 e. The molecule has 0 heterocycles. The van der Waals surface area contributed by atoms with Gasteiger partial charge in [-0.1, -0.05) is 61.9 Å². The molecule has 24 heavy (non-hydrogen) atoms. The number of hydrogen-bond donors (Lipinski definition) is 2. The Morgan fingerprint density at radius 3 is 2.04 bits per heavy atom. The molecule has 4 nitrogen and oxygen atoms in total. The highest BCUT2D eigenvalue weighted by molar-refractivity contribution is 7.89. The average molecular weight is 347 g/mol. The van der Waals surface area contributed by atoms with E-state index in [0.29, 0.717) is 12.8 Å². The van der Waals surface area contributed by atoms with Crippen molar-refractivity contribution in [2.24, 2.45) is 0 Å². The van der Waals surface area contributed by atoms with Gasteiger partial charge in [0.2, 0.25) is 10.0 Å². The van der Waals surface area contributed by atoms with Crippen molar-refractivity contribution < 1.29 is 13.5 Å². The van der Waals surface area contributed by atoms with Crippen molar-refractivity contribution in [1.29, 1.82) is 0 Å². The molecule has 0 spiro atoms. The summed E-state index contributed by atoms with van der Waals surface area (Å²) in [6, 6.07) is 15.2. The van der Waals surface area contributed by atoms with Gasteiger partial charge in [-0.05, 0) is 37.5 Å². The topological polar surface area (TPSA) is 66.4 Å². The Balaban J connectivity index is 2.43. The molecular weight excluding hydrogens is 322 g/mol. The third kappa shape index (κ3) is 4.04. The van der Waals surface area contributed by atoms with Gasteiger partial charge in [0.1, 0.15) is 0 Å². The highest BCUT2D eigenvalue weighted by Gasteiger charge is 2.37. The number of sulfonamides is 1. The second-order valence-electron chi connectivity index (χ2n) is 6.09. The molecule has 2 aromatic carbocycles. The molecule has 0 aliphatic rings. The molecule has 130 valence electrons. The van der Waals surface area contributed by atoms with Crippen LogP contribution in [0, 0.1) is 6.92 Å². The molecule has 2 N–H and O–H groups in total. The largest absolute Gasteiger partial charge is 0.388 e. The zero-order chi connectivity index (χ0) is 17.8. The summed E-state index contributed by atoms with van der Waals surface area (Å²) < 4.78 is 28.3. The molecule has 0 amide bonds. The van der Waals surface area contributed by atoms with E-state index < -0.39 is 21.7 Å². The van der Waals surface area contributed by atoms with Crippen LogP contribution in [0.3, 0.4) is 0 Å². The van der Waals surface area contributed by atoms with Crippen molar-refractivity contribution in [1.82, 2.24) is 4.72 Å². The van der Waals surface area contributed by atoms with Gasteiger partial charge in [-0.3, -0.25) is 0 Å². The summed E-state index contributed by atoms with van der Waals surface area (Å²) >= 11 is 0. The molecule has 1 atom stereocenters. The van der Waals surface area contributed by atoms with Crippen LogP contribution >= 0.6 is 0 Å². The quantitative estimate of drug-likeness (QED) is 0.805. The van der Waals surface area contributed by atoms with Gasteiger partial charge in [-0.15, -0.1) is 0 Å². The third-order valence-electron chi connectivity index (χ3n) is 4.50. The minimum atomic E-state index is -3.74. The van der Waals surface area contributed by atoms with E-state index in [2.05, 4.69) is 4.72 Å². The summed E-state index contributed by atoms with van der Waals surface area (Å²) in [5, 5.41) is 11.0. The zero-order valence-electron chi connectivity index (χ0n) is 14.4. The van der Waals surface area contributed by atoms with Gasteiger partial charge >= 0.3 is 0 Å². The predicted molar refractivity (Wildman–Crippen MR) is 96.2 cm³/mol. The van der Waals surface area contributed by atoms with Crippen LogP contribution in [-0.4, -0.2) is 19.1 Å². The highest BCUT2D eigenvalue weighted by atomic mass is 32.2. The molecule has 0 aliphatic carbocycles. The van der Waals surface area contributed by atoms with Gasteiger partial charge in [-0.25, -0.2) is 13.1 Å². The number of aliphatic hydroxyl groups is 1. The summed E-state index contributed by atoms with van der Waals surface area (Å²) in [5.41, 5.74) is 0.589. The number of benzene rings is 2. The normalized spacial score (nSPS) is 13.7. The first-order valence-electron chi connectivity index (χ1n) is 8.18. The van der Waals surface area contributed by atoms with Crippen LogP contribution in [0.25, 0.3) is 0 Å². The van der Waals surface area contributed by atoms with Gasteiger partial charge in [0.25, 0.3) is 0 Å². The second-order valence-corrected chi connectivity index (χ2v) is 7.80. The SMILES string of the molecule is CCC(O)(CC)[C@H](NS(=O)(=O)c1ccc(C)cc1)c1ccccc1. The molecule has 0 saturated heterocycles. The molecule has 0 fully saturated rings. The molecular formula is C19H25NO3S. The molecule has 0 aromatic heterocycles. The van der Waals surface area contributed by atoms with Crippen LogP contribution in [0.15, 0.2) is 59.5 Å². The number of hydrogen-bond acceptors (Lipinski definition) is 3. The Bertz CT molecular complexity index is 751. The van der Waals surface area contributed by atoms with Crippen LogP contribution in [0.5, 0.6) is 0 Å². The van der Waals surface area contributed by atoms with E-state index in [1.807, 2.05) is 51.1 Å². The lowest BCUT2D eigenvalue weighted by Crippen LogP contribution is -2.45. The van der Waals surface area contributed by atoms with Gasteiger partial charge in [0.05, 0.1) is 16.5 Å². The Hall–Kier alpha value is -1.69. The average Bonchev–Trinajstić information content (AvgIpc) is 2.60. The minimum Gasteiger partial charge on any atom is -0.388 e. The van der Waals surface area contributed by atoms with E-state index in [1.165, 1.54) is 0 Å². The summed E-state index contributed by atoms with van der Waals surface area (Å²) in [5.74, 6) is 0. The monoisotopic (exact) mass is 347 g/mol. The summed E-state index contributed by atoms with van der Waals surface area (Å²) in [7, 11) is -3.74. The fourth-order valence-electron chi connectivity index (χ4n) is 2.73. The van der Waals surface area contributed by atoms with E-state index in [0.717, 1.165) is 11.1 Å². The number of nitrogens with one attached hydrogen (secondary N) is 1. The van der Waals surface area contributed by atoms with Gasteiger partial charge in [0, 0.05) is 0 Å². The number of aryl methyl sites for hydroxylation is 1. The molecule has 5 heteroatoms. The van der Waals surface area contributed by atoms with Crippen molar-refractivity contribution in [3.63, 3.8) is 0 Å². The first-order valence-corrected chi connectivity index (χ1v) is 9.67. The lowest BCUT2D eigenvalue weighted by atomic mass is 9.85. The Labute approximate surface area is 144 Å². The molecule has 0 aliphatic heterocycles. The Kier molecular flexibility index (Phi) is 5.80. The fourth-order valence-corrected chi connectivity index (χ4v) is 4.03. The molecule has 0 saturated carbocycles. The lowest BCUT2D eigenvalue weighted by molar-refractivity contribution is 0.000225. The van der Waals surface area contributed by atoms with Crippen LogP contribution in [-0.2, 0) is 10.0 Å². The molecule has 0 radical (unpaired) electrons. The van der Waals surface area contributed by atoms with E-state index in [4.69, 9.17) is 0 Å². The van der Waals surface area contributed by atoms with Crippen LogP contribution in [0.1, 0.15) is 43.9 Å². The van der Waals surface area contributed by atoms with Crippen molar-refractivity contribution in [3.05, 3.63) is 65.7 Å². The van der Waals surface area contributed by atoms with E-state index in [-0.39, 0.29) is 4.90 Å². The van der Waals surface area contributed by atoms with Gasteiger partial charge in [0.15, 0.2) is 0 Å². The molecule has 0 unspecified atom stereocenters. The van der Waals surface area contributed by atoms with E-state index >= 15 is 0 Å². The molecule has 2 aromatic rings. The second kappa shape index (κ2) is 7.47. The third-order valence-corrected chi connectivity index (χ3v) is 5.94.